The van der Waals surface area contributed by atoms with Gasteiger partial charge in [0, 0.05) is 41.6 Å². The van der Waals surface area contributed by atoms with Crippen LogP contribution in [-0.4, -0.2) is 36.3 Å². The second-order valence-electron chi connectivity index (χ2n) is 7.21. The highest BCUT2D eigenvalue weighted by Gasteiger charge is 2.15. The van der Waals surface area contributed by atoms with E-state index >= 15 is 0 Å². The molecule has 1 atom stereocenters. The van der Waals surface area contributed by atoms with Gasteiger partial charge in [-0.3, -0.25) is 9.48 Å². The van der Waals surface area contributed by atoms with Gasteiger partial charge in [-0.1, -0.05) is 12.1 Å². The van der Waals surface area contributed by atoms with Crippen LogP contribution in [0.15, 0.2) is 42.7 Å². The first-order valence-electron chi connectivity index (χ1n) is 9.53. The molecule has 0 aliphatic heterocycles. The molecular weight excluding hydrogens is 352 g/mol. The van der Waals surface area contributed by atoms with Gasteiger partial charge >= 0.3 is 0 Å². The average Bonchev–Trinajstić information content (AvgIpc) is 3.29. The molecule has 0 unspecified atom stereocenters. The van der Waals surface area contributed by atoms with Crippen molar-refractivity contribution in [3.05, 3.63) is 59.7 Å². The van der Waals surface area contributed by atoms with E-state index in [0.29, 0.717) is 19.4 Å². The number of carbonyl (C=O) groups is 1. The molecule has 28 heavy (non-hydrogen) atoms. The fraction of sp³-hybridized carbons (Fsp3) is 0.333. The number of amides is 1. The first-order valence-corrected chi connectivity index (χ1v) is 9.53. The minimum Gasteiger partial charge on any atom is -0.352 e. The maximum Gasteiger partial charge on any atom is 0.220 e. The Bertz CT molecular complexity index is 1130. The summed E-state index contributed by atoms with van der Waals surface area (Å²) in [6.45, 7) is 6.69. The predicted molar refractivity (Wildman–Crippen MR) is 108 cm³/mol. The van der Waals surface area contributed by atoms with E-state index < -0.39 is 0 Å². The Hall–Kier alpha value is -3.22. The van der Waals surface area contributed by atoms with Crippen LogP contribution in [0.1, 0.15) is 30.3 Å². The Morgan fingerprint density at radius 1 is 1.21 bits per heavy atom. The molecule has 3 heterocycles. The molecule has 0 fully saturated rings. The lowest BCUT2D eigenvalue weighted by Gasteiger charge is -2.15. The van der Waals surface area contributed by atoms with Crippen molar-refractivity contribution >= 4 is 22.5 Å². The third-order valence-electron chi connectivity index (χ3n) is 5.05. The maximum absolute atomic E-state index is 12.4. The van der Waals surface area contributed by atoms with Gasteiger partial charge in [0.1, 0.15) is 0 Å². The number of fused-ring (bicyclic) bond motifs is 3. The van der Waals surface area contributed by atoms with Gasteiger partial charge in [0.2, 0.25) is 5.91 Å². The van der Waals surface area contributed by atoms with Crippen molar-refractivity contribution in [2.75, 3.05) is 0 Å². The van der Waals surface area contributed by atoms with Gasteiger partial charge in [-0.2, -0.15) is 10.2 Å². The third-order valence-corrected chi connectivity index (χ3v) is 5.05. The van der Waals surface area contributed by atoms with E-state index in [1.54, 1.807) is 6.20 Å². The summed E-state index contributed by atoms with van der Waals surface area (Å²) in [6, 6.07) is 9.91. The summed E-state index contributed by atoms with van der Waals surface area (Å²) in [6.07, 6.45) is 4.68. The monoisotopic (exact) mass is 376 g/mol. The number of hydrogen-bond acceptors (Lipinski definition) is 4. The molecule has 144 valence electrons. The lowest BCUT2D eigenvalue weighted by atomic mass is 10.1. The summed E-state index contributed by atoms with van der Waals surface area (Å²) < 4.78 is 3.71. The molecule has 0 bridgehead atoms. The molecule has 7 heteroatoms. The van der Waals surface area contributed by atoms with E-state index in [4.69, 9.17) is 4.98 Å². The number of carbonyl (C=O) groups excluding carboxylic acids is 1. The number of hydrogen-bond donors (Lipinski definition) is 1. The van der Waals surface area contributed by atoms with Gasteiger partial charge in [-0.25, -0.2) is 9.50 Å². The summed E-state index contributed by atoms with van der Waals surface area (Å²) >= 11 is 0. The normalized spacial score (nSPS) is 12.5. The van der Waals surface area contributed by atoms with Crippen LogP contribution in [0, 0.1) is 13.8 Å². The van der Waals surface area contributed by atoms with E-state index in [9.17, 15) is 4.79 Å². The molecule has 3 aromatic heterocycles. The summed E-state index contributed by atoms with van der Waals surface area (Å²) in [4.78, 5) is 17.2. The molecule has 4 rings (SSSR count). The average molecular weight is 376 g/mol. The summed E-state index contributed by atoms with van der Waals surface area (Å²) in [5.41, 5.74) is 4.87. The molecule has 1 N–H and O–H groups in total. The van der Waals surface area contributed by atoms with Crippen LogP contribution in [0.3, 0.4) is 0 Å². The molecule has 0 aliphatic rings. The maximum atomic E-state index is 12.4. The number of nitrogens with one attached hydrogen (secondary N) is 1. The van der Waals surface area contributed by atoms with Crippen molar-refractivity contribution in [2.24, 2.45) is 0 Å². The van der Waals surface area contributed by atoms with Gasteiger partial charge in [-0.15, -0.1) is 0 Å². The molecule has 4 aromatic rings. The topological polar surface area (TPSA) is 77.1 Å². The highest BCUT2D eigenvalue weighted by atomic mass is 16.1. The van der Waals surface area contributed by atoms with Crippen LogP contribution >= 0.6 is 0 Å². The number of aryl methyl sites for hydroxylation is 2. The number of aromatic nitrogens is 5. The van der Waals surface area contributed by atoms with Crippen molar-refractivity contribution < 1.29 is 4.79 Å². The Morgan fingerprint density at radius 3 is 2.82 bits per heavy atom. The van der Waals surface area contributed by atoms with Crippen molar-refractivity contribution in [3.8, 4) is 0 Å². The first kappa shape index (κ1) is 18.2. The smallest absolute Gasteiger partial charge is 0.220 e. The Kier molecular flexibility index (Phi) is 4.81. The second-order valence-corrected chi connectivity index (χ2v) is 7.21. The van der Waals surface area contributed by atoms with Gasteiger partial charge < -0.3 is 5.32 Å². The standard InChI is InChI=1S/C21H24N6O/c1-14(13-26-12-6-11-22-26)23-20(28)10-9-17-15(2)24-21-18-7-4-5-8-19(18)25-27(21)16(17)3/h4-8,11-12,14H,9-10,13H2,1-3H3,(H,23,28)/t14-/m1/s1. The van der Waals surface area contributed by atoms with Crippen molar-refractivity contribution in [1.82, 2.24) is 29.7 Å². The fourth-order valence-corrected chi connectivity index (χ4v) is 3.66. The molecule has 7 nitrogen and oxygen atoms in total. The van der Waals surface area contributed by atoms with E-state index in [-0.39, 0.29) is 11.9 Å². The van der Waals surface area contributed by atoms with Gasteiger partial charge in [0.25, 0.3) is 0 Å². The van der Waals surface area contributed by atoms with E-state index in [0.717, 1.165) is 33.5 Å². The minimum atomic E-state index is 0.0200. The highest BCUT2D eigenvalue weighted by Crippen LogP contribution is 2.22. The molecule has 0 radical (unpaired) electrons. The Morgan fingerprint density at radius 2 is 2.04 bits per heavy atom. The van der Waals surface area contributed by atoms with Crippen LogP contribution < -0.4 is 5.32 Å². The molecule has 0 spiro atoms. The molecule has 1 aromatic carbocycles. The number of benzene rings is 1. The fourth-order valence-electron chi connectivity index (χ4n) is 3.66. The summed E-state index contributed by atoms with van der Waals surface area (Å²) in [7, 11) is 0. The minimum absolute atomic E-state index is 0.0200. The first-order chi connectivity index (χ1) is 13.5. The van der Waals surface area contributed by atoms with Crippen molar-refractivity contribution in [1.29, 1.82) is 0 Å². The van der Waals surface area contributed by atoms with Crippen LogP contribution in [0.25, 0.3) is 16.6 Å². The lowest BCUT2D eigenvalue weighted by Crippen LogP contribution is -2.36. The molecule has 0 aliphatic carbocycles. The summed E-state index contributed by atoms with van der Waals surface area (Å²) in [5, 5.41) is 12.9. The van der Waals surface area contributed by atoms with Crippen LogP contribution in [-0.2, 0) is 17.8 Å². The molecule has 1 amide bonds. The Labute approximate surface area is 163 Å². The highest BCUT2D eigenvalue weighted by molar-refractivity contribution is 5.92. The Balaban J connectivity index is 1.48. The SMILES string of the molecule is Cc1nc2c3ccccc3nn2c(C)c1CCC(=O)N[C@H](C)Cn1cccn1. The van der Waals surface area contributed by atoms with Gasteiger partial charge in [0.05, 0.1) is 12.1 Å². The van der Waals surface area contributed by atoms with Crippen molar-refractivity contribution in [3.63, 3.8) is 0 Å². The van der Waals surface area contributed by atoms with Crippen molar-refractivity contribution in [2.45, 2.75) is 46.2 Å². The third kappa shape index (κ3) is 3.47. The summed E-state index contributed by atoms with van der Waals surface area (Å²) in [5.74, 6) is 0.0316. The van der Waals surface area contributed by atoms with E-state index in [1.807, 2.05) is 66.5 Å². The van der Waals surface area contributed by atoms with Gasteiger partial charge in [-0.05, 0) is 51.0 Å². The van der Waals surface area contributed by atoms with E-state index in [2.05, 4.69) is 15.5 Å². The molecular formula is C21H24N6O. The lowest BCUT2D eigenvalue weighted by molar-refractivity contribution is -0.121. The zero-order valence-corrected chi connectivity index (χ0v) is 16.4. The number of rotatable bonds is 6. The van der Waals surface area contributed by atoms with Crippen LogP contribution in [0.4, 0.5) is 0 Å². The predicted octanol–water partition coefficient (Wildman–Crippen LogP) is 2.83. The molecule has 0 saturated heterocycles. The van der Waals surface area contributed by atoms with E-state index in [1.165, 1.54) is 0 Å². The largest absolute Gasteiger partial charge is 0.352 e. The zero-order valence-electron chi connectivity index (χ0n) is 16.4. The second kappa shape index (κ2) is 7.42. The quantitative estimate of drug-likeness (QED) is 0.561. The van der Waals surface area contributed by atoms with Crippen LogP contribution in [0.2, 0.25) is 0 Å². The number of nitrogens with zero attached hydrogens (tertiary/aromatic N) is 5. The van der Waals surface area contributed by atoms with Gasteiger partial charge in [0.15, 0.2) is 5.65 Å². The van der Waals surface area contributed by atoms with Crippen LogP contribution in [0.5, 0.6) is 0 Å². The molecule has 0 saturated carbocycles. The zero-order chi connectivity index (χ0) is 19.7.